The summed E-state index contributed by atoms with van der Waals surface area (Å²) in [6, 6.07) is 5.33. The number of hydrogen-bond acceptors (Lipinski definition) is 3. The van der Waals surface area contributed by atoms with Crippen molar-refractivity contribution in [3.05, 3.63) is 58.9 Å². The van der Waals surface area contributed by atoms with Crippen LogP contribution in [0.4, 0.5) is 14.5 Å². The molecule has 23 heavy (non-hydrogen) atoms. The Labute approximate surface area is 137 Å². The molecule has 0 saturated carbocycles. The van der Waals surface area contributed by atoms with Gasteiger partial charge in [0.2, 0.25) is 0 Å². The van der Waals surface area contributed by atoms with Crippen LogP contribution in [0.2, 0.25) is 5.02 Å². The van der Waals surface area contributed by atoms with Crippen LogP contribution in [0.1, 0.15) is 10.4 Å². The molecular weight excluding hydrogens is 324 g/mol. The Hall–Kier alpha value is -2.21. The van der Waals surface area contributed by atoms with E-state index in [-0.39, 0.29) is 11.5 Å². The third-order valence-corrected chi connectivity index (χ3v) is 4.02. The first kappa shape index (κ1) is 15.7. The summed E-state index contributed by atoms with van der Waals surface area (Å²) in [5.41, 5.74) is 0.643. The predicted molar refractivity (Wildman–Crippen MR) is 83.7 cm³/mol. The van der Waals surface area contributed by atoms with Crippen molar-refractivity contribution in [2.45, 2.75) is 0 Å². The number of carbonyl (C=O) groups excluding carboxylic acids is 1. The van der Waals surface area contributed by atoms with Crippen molar-refractivity contribution in [3.63, 3.8) is 0 Å². The maximum absolute atomic E-state index is 13.8. The van der Waals surface area contributed by atoms with Crippen LogP contribution in [0, 0.1) is 11.6 Å². The van der Waals surface area contributed by atoms with Crippen LogP contribution in [0.3, 0.4) is 0 Å². The SMILES string of the molecule is O=C(c1cc(Cl)ccc1F)N1CCN(c2cncc(F)c2)CC1. The van der Waals surface area contributed by atoms with Crippen LogP contribution in [0.15, 0.2) is 36.7 Å². The van der Waals surface area contributed by atoms with Gasteiger partial charge < -0.3 is 9.80 Å². The summed E-state index contributed by atoms with van der Waals surface area (Å²) in [7, 11) is 0. The molecule has 0 spiro atoms. The van der Waals surface area contributed by atoms with Crippen LogP contribution < -0.4 is 4.90 Å². The van der Waals surface area contributed by atoms with Crippen LogP contribution >= 0.6 is 11.6 Å². The fourth-order valence-electron chi connectivity index (χ4n) is 2.57. The van der Waals surface area contributed by atoms with Gasteiger partial charge in [-0.15, -0.1) is 0 Å². The van der Waals surface area contributed by atoms with Gasteiger partial charge in [0.1, 0.15) is 11.6 Å². The average molecular weight is 338 g/mol. The molecule has 2 heterocycles. The summed E-state index contributed by atoms with van der Waals surface area (Å²) >= 11 is 5.83. The maximum Gasteiger partial charge on any atom is 0.257 e. The number of piperazine rings is 1. The van der Waals surface area contributed by atoms with Gasteiger partial charge in [0.15, 0.2) is 0 Å². The van der Waals surface area contributed by atoms with E-state index in [0.717, 1.165) is 6.20 Å². The van der Waals surface area contributed by atoms with Gasteiger partial charge in [-0.05, 0) is 18.2 Å². The molecule has 0 atom stereocenters. The molecule has 0 unspecified atom stereocenters. The summed E-state index contributed by atoms with van der Waals surface area (Å²) in [6.07, 6.45) is 2.72. The van der Waals surface area contributed by atoms with Gasteiger partial charge in [-0.3, -0.25) is 9.78 Å². The molecule has 1 aliphatic heterocycles. The monoisotopic (exact) mass is 337 g/mol. The molecule has 1 saturated heterocycles. The van der Waals surface area contributed by atoms with Crippen molar-refractivity contribution in [1.82, 2.24) is 9.88 Å². The standard InChI is InChI=1S/C16H14ClF2N3O/c17-11-1-2-15(19)14(7-11)16(23)22-5-3-21(4-6-22)13-8-12(18)9-20-10-13/h1-2,7-10H,3-6H2. The second-order valence-electron chi connectivity index (χ2n) is 5.26. The van der Waals surface area contributed by atoms with E-state index in [2.05, 4.69) is 4.98 Å². The Kier molecular flexibility index (Phi) is 4.43. The van der Waals surface area contributed by atoms with E-state index in [4.69, 9.17) is 11.6 Å². The van der Waals surface area contributed by atoms with Crippen molar-refractivity contribution in [1.29, 1.82) is 0 Å². The lowest BCUT2D eigenvalue weighted by Gasteiger charge is -2.36. The van der Waals surface area contributed by atoms with Crippen molar-refractivity contribution in [2.24, 2.45) is 0 Å². The van der Waals surface area contributed by atoms with Gasteiger partial charge in [-0.25, -0.2) is 8.78 Å². The molecule has 1 aromatic heterocycles. The number of aromatic nitrogens is 1. The highest BCUT2D eigenvalue weighted by Gasteiger charge is 2.24. The summed E-state index contributed by atoms with van der Waals surface area (Å²) in [5, 5.41) is 0.319. The van der Waals surface area contributed by atoms with Crippen LogP contribution in [-0.2, 0) is 0 Å². The molecule has 1 aliphatic rings. The molecule has 3 rings (SSSR count). The van der Waals surface area contributed by atoms with Crippen molar-refractivity contribution >= 4 is 23.2 Å². The zero-order valence-electron chi connectivity index (χ0n) is 12.2. The number of nitrogens with zero attached hydrogens (tertiary/aromatic N) is 3. The highest BCUT2D eigenvalue weighted by atomic mass is 35.5. The van der Waals surface area contributed by atoms with Gasteiger partial charge in [0, 0.05) is 37.3 Å². The first-order valence-corrected chi connectivity index (χ1v) is 7.52. The molecule has 1 aromatic carbocycles. The lowest BCUT2D eigenvalue weighted by molar-refractivity contribution is 0.0742. The first-order chi connectivity index (χ1) is 11.0. The maximum atomic E-state index is 13.8. The van der Waals surface area contributed by atoms with Gasteiger partial charge in [-0.1, -0.05) is 11.6 Å². The summed E-state index contributed by atoms with van der Waals surface area (Å²) in [5.74, 6) is -1.37. The molecule has 2 aromatic rings. The topological polar surface area (TPSA) is 36.4 Å². The van der Waals surface area contributed by atoms with Crippen LogP contribution in [-0.4, -0.2) is 42.0 Å². The minimum atomic E-state index is -0.587. The smallest absolute Gasteiger partial charge is 0.257 e. The zero-order chi connectivity index (χ0) is 16.4. The molecular formula is C16H14ClF2N3O. The number of amides is 1. The second kappa shape index (κ2) is 6.50. The van der Waals surface area contributed by atoms with Crippen molar-refractivity contribution < 1.29 is 13.6 Å². The van der Waals surface area contributed by atoms with E-state index in [1.54, 1.807) is 11.1 Å². The van der Waals surface area contributed by atoms with Gasteiger partial charge in [0.25, 0.3) is 5.91 Å². The van der Waals surface area contributed by atoms with E-state index in [0.29, 0.717) is 36.9 Å². The zero-order valence-corrected chi connectivity index (χ0v) is 12.9. The highest BCUT2D eigenvalue weighted by Crippen LogP contribution is 2.20. The third-order valence-electron chi connectivity index (χ3n) is 3.78. The third kappa shape index (κ3) is 3.42. The molecule has 0 N–H and O–H groups in total. The molecule has 0 aliphatic carbocycles. The van der Waals surface area contributed by atoms with Gasteiger partial charge in [0.05, 0.1) is 23.6 Å². The van der Waals surface area contributed by atoms with Gasteiger partial charge >= 0.3 is 0 Å². The Bertz CT molecular complexity index is 733. The van der Waals surface area contributed by atoms with Crippen molar-refractivity contribution in [3.8, 4) is 0 Å². The van der Waals surface area contributed by atoms with E-state index in [1.165, 1.54) is 24.3 Å². The Morgan fingerprint density at radius 1 is 1.09 bits per heavy atom. The molecule has 1 fully saturated rings. The van der Waals surface area contributed by atoms with E-state index >= 15 is 0 Å². The quantitative estimate of drug-likeness (QED) is 0.845. The van der Waals surface area contributed by atoms with Gasteiger partial charge in [-0.2, -0.15) is 0 Å². The largest absolute Gasteiger partial charge is 0.367 e. The number of anilines is 1. The molecule has 4 nitrogen and oxygen atoms in total. The number of benzene rings is 1. The summed E-state index contributed by atoms with van der Waals surface area (Å²) < 4.78 is 27.0. The Morgan fingerprint density at radius 3 is 2.52 bits per heavy atom. The fraction of sp³-hybridized carbons (Fsp3) is 0.250. The van der Waals surface area contributed by atoms with E-state index in [1.807, 2.05) is 4.90 Å². The number of halogens is 3. The molecule has 7 heteroatoms. The molecule has 0 bridgehead atoms. The number of pyridine rings is 1. The number of rotatable bonds is 2. The molecule has 120 valence electrons. The number of carbonyl (C=O) groups is 1. The fourth-order valence-corrected chi connectivity index (χ4v) is 2.75. The second-order valence-corrected chi connectivity index (χ2v) is 5.70. The Balaban J connectivity index is 1.69. The molecule has 1 amide bonds. The predicted octanol–water partition coefficient (Wildman–Crippen LogP) is 2.98. The minimum Gasteiger partial charge on any atom is -0.367 e. The average Bonchev–Trinajstić information content (AvgIpc) is 2.56. The highest BCUT2D eigenvalue weighted by molar-refractivity contribution is 6.31. The lowest BCUT2D eigenvalue weighted by atomic mass is 10.1. The van der Waals surface area contributed by atoms with Crippen LogP contribution in [0.5, 0.6) is 0 Å². The first-order valence-electron chi connectivity index (χ1n) is 7.14. The summed E-state index contributed by atoms with van der Waals surface area (Å²) in [4.78, 5) is 19.7. The van der Waals surface area contributed by atoms with E-state index in [9.17, 15) is 13.6 Å². The minimum absolute atomic E-state index is 0.0293. The summed E-state index contributed by atoms with van der Waals surface area (Å²) in [6.45, 7) is 1.89. The number of hydrogen-bond donors (Lipinski definition) is 0. The normalized spacial score (nSPS) is 14.9. The van der Waals surface area contributed by atoms with Crippen molar-refractivity contribution in [2.75, 3.05) is 31.1 Å². The Morgan fingerprint density at radius 2 is 1.83 bits per heavy atom. The molecule has 0 radical (unpaired) electrons. The van der Waals surface area contributed by atoms with E-state index < -0.39 is 11.6 Å². The van der Waals surface area contributed by atoms with Crippen LogP contribution in [0.25, 0.3) is 0 Å². The lowest BCUT2D eigenvalue weighted by Crippen LogP contribution is -2.49.